The van der Waals surface area contributed by atoms with E-state index in [1.54, 1.807) is 0 Å². The van der Waals surface area contributed by atoms with Crippen molar-refractivity contribution in [3.8, 4) is 11.4 Å². The normalized spacial score (nSPS) is 15.4. The number of nitrogens with one attached hydrogen (secondary N) is 1. The summed E-state index contributed by atoms with van der Waals surface area (Å²) in [7, 11) is 0. The average Bonchev–Trinajstić information content (AvgIpc) is 3.37. The number of amidine groups is 1. The van der Waals surface area contributed by atoms with Crippen LogP contribution in [0.3, 0.4) is 0 Å². The van der Waals surface area contributed by atoms with Gasteiger partial charge in [0.2, 0.25) is 0 Å². The van der Waals surface area contributed by atoms with Gasteiger partial charge in [0.1, 0.15) is 12.4 Å². The predicted octanol–water partition coefficient (Wildman–Crippen LogP) is 7.53. The van der Waals surface area contributed by atoms with Crippen LogP contribution in [-0.2, 0) is 11.4 Å². The first-order valence-corrected chi connectivity index (χ1v) is 13.1. The molecular weight excluding hydrogens is 502 g/mol. The number of aromatic nitrogens is 1. The summed E-state index contributed by atoms with van der Waals surface area (Å²) in [5.74, 6) is 0.658. The molecule has 1 N–H and O–H groups in total. The molecule has 5 nitrogen and oxygen atoms in total. The van der Waals surface area contributed by atoms with Crippen LogP contribution in [0.4, 0.5) is 5.69 Å². The molecule has 0 radical (unpaired) electrons. The summed E-state index contributed by atoms with van der Waals surface area (Å²) in [6, 6.07) is 25.6. The summed E-state index contributed by atoms with van der Waals surface area (Å²) in [5, 5.41) is 4.17. The number of carbonyl (C=O) groups excluding carboxylic acids is 1. The zero-order valence-corrected chi connectivity index (χ0v) is 22.4. The molecule has 1 aromatic heterocycles. The van der Waals surface area contributed by atoms with Gasteiger partial charge in [-0.1, -0.05) is 41.4 Å². The molecule has 4 aromatic rings. The van der Waals surface area contributed by atoms with Gasteiger partial charge in [0.15, 0.2) is 5.17 Å². The first-order chi connectivity index (χ1) is 17.9. The molecule has 0 spiro atoms. The van der Waals surface area contributed by atoms with Gasteiger partial charge in [0.25, 0.3) is 5.91 Å². The van der Waals surface area contributed by atoms with Crippen molar-refractivity contribution in [2.75, 3.05) is 0 Å². The lowest BCUT2D eigenvalue weighted by Crippen LogP contribution is -2.19. The highest BCUT2D eigenvalue weighted by atomic mass is 35.5. The summed E-state index contributed by atoms with van der Waals surface area (Å²) in [5.41, 5.74) is 7.20. The molecule has 1 saturated heterocycles. The minimum atomic E-state index is -0.136. The van der Waals surface area contributed by atoms with Gasteiger partial charge in [-0.05, 0) is 104 Å². The van der Waals surface area contributed by atoms with E-state index in [1.807, 2.05) is 85.8 Å². The van der Waals surface area contributed by atoms with Gasteiger partial charge in [-0.2, -0.15) is 0 Å². The molecule has 2 heterocycles. The molecule has 0 saturated carbocycles. The lowest BCUT2D eigenvalue weighted by atomic mass is 10.2. The Morgan fingerprint density at radius 3 is 2.38 bits per heavy atom. The third-order valence-corrected chi connectivity index (χ3v) is 7.25. The van der Waals surface area contributed by atoms with E-state index in [9.17, 15) is 4.79 Å². The molecule has 1 aliphatic rings. The maximum Gasteiger partial charge on any atom is 0.264 e. The second-order valence-corrected chi connectivity index (χ2v) is 10.4. The zero-order chi connectivity index (χ0) is 25.9. The van der Waals surface area contributed by atoms with Crippen LogP contribution in [0.1, 0.15) is 28.1 Å². The van der Waals surface area contributed by atoms with E-state index in [4.69, 9.17) is 16.3 Å². The highest BCUT2D eigenvalue weighted by Crippen LogP contribution is 2.31. The quantitative estimate of drug-likeness (QED) is 0.264. The van der Waals surface area contributed by atoms with Gasteiger partial charge >= 0.3 is 0 Å². The summed E-state index contributed by atoms with van der Waals surface area (Å²) in [6.45, 7) is 6.63. The third kappa shape index (κ3) is 5.82. The van der Waals surface area contributed by atoms with E-state index in [0.717, 1.165) is 39.6 Å². The van der Waals surface area contributed by atoms with Crippen LogP contribution in [0.15, 0.2) is 88.8 Å². The molecule has 1 aliphatic heterocycles. The number of halogens is 1. The number of aryl methyl sites for hydroxylation is 2. The molecular formula is C30H26ClN3O2S. The largest absolute Gasteiger partial charge is 0.489 e. The van der Waals surface area contributed by atoms with E-state index in [1.165, 1.54) is 17.3 Å². The van der Waals surface area contributed by atoms with Crippen LogP contribution in [0, 0.1) is 20.8 Å². The van der Waals surface area contributed by atoms with Crippen molar-refractivity contribution in [1.82, 2.24) is 9.88 Å². The Kier molecular flexibility index (Phi) is 7.22. The van der Waals surface area contributed by atoms with Gasteiger partial charge in [-0.15, -0.1) is 0 Å². The fourth-order valence-corrected chi connectivity index (χ4v) is 5.09. The van der Waals surface area contributed by atoms with Crippen molar-refractivity contribution >= 4 is 46.2 Å². The SMILES string of the molecule is Cc1ccc(N=C2NC(=O)/C(=C\c3cc(C)n(-c4ccc(OCc5ccc(Cl)cc5)cc4)c3C)S2)cc1. The Morgan fingerprint density at radius 1 is 0.973 bits per heavy atom. The highest BCUT2D eigenvalue weighted by Gasteiger charge is 2.24. The Labute approximate surface area is 225 Å². The molecule has 37 heavy (non-hydrogen) atoms. The number of hydrogen-bond donors (Lipinski definition) is 1. The summed E-state index contributed by atoms with van der Waals surface area (Å²) in [6.07, 6.45) is 1.93. The molecule has 186 valence electrons. The molecule has 0 bridgehead atoms. The second kappa shape index (κ2) is 10.7. The smallest absolute Gasteiger partial charge is 0.264 e. The van der Waals surface area contributed by atoms with Gasteiger partial charge in [-0.25, -0.2) is 4.99 Å². The van der Waals surface area contributed by atoms with Crippen molar-refractivity contribution < 1.29 is 9.53 Å². The number of benzene rings is 3. The Hall–Kier alpha value is -3.74. The number of hydrogen-bond acceptors (Lipinski definition) is 4. The number of aliphatic imine (C=N–C) groups is 1. The molecule has 0 unspecified atom stereocenters. The topological polar surface area (TPSA) is 55.6 Å². The highest BCUT2D eigenvalue weighted by molar-refractivity contribution is 8.18. The van der Waals surface area contributed by atoms with E-state index in [0.29, 0.717) is 21.7 Å². The van der Waals surface area contributed by atoms with Crippen molar-refractivity contribution in [3.63, 3.8) is 0 Å². The maximum atomic E-state index is 12.6. The number of nitrogens with zero attached hydrogens (tertiary/aromatic N) is 2. The van der Waals surface area contributed by atoms with Gasteiger partial charge < -0.3 is 14.6 Å². The second-order valence-electron chi connectivity index (χ2n) is 8.89. The number of thioether (sulfide) groups is 1. The van der Waals surface area contributed by atoms with Gasteiger partial charge in [-0.3, -0.25) is 4.79 Å². The first-order valence-electron chi connectivity index (χ1n) is 11.9. The van der Waals surface area contributed by atoms with E-state index >= 15 is 0 Å². The van der Waals surface area contributed by atoms with E-state index < -0.39 is 0 Å². The third-order valence-electron chi connectivity index (χ3n) is 6.09. The van der Waals surface area contributed by atoms with Crippen molar-refractivity contribution in [3.05, 3.63) is 117 Å². The van der Waals surface area contributed by atoms with Crippen LogP contribution in [0.2, 0.25) is 5.02 Å². The van der Waals surface area contributed by atoms with Gasteiger partial charge in [0, 0.05) is 22.1 Å². The fourth-order valence-electron chi connectivity index (χ4n) is 4.13. The first kappa shape index (κ1) is 24.9. The minimum absolute atomic E-state index is 0.136. The van der Waals surface area contributed by atoms with Crippen LogP contribution in [-0.4, -0.2) is 15.6 Å². The van der Waals surface area contributed by atoms with Gasteiger partial charge in [0.05, 0.1) is 10.6 Å². The fraction of sp³-hybridized carbons (Fsp3) is 0.133. The molecule has 3 aromatic carbocycles. The van der Waals surface area contributed by atoms with Crippen LogP contribution < -0.4 is 10.1 Å². The maximum absolute atomic E-state index is 12.6. The number of amides is 1. The van der Waals surface area contributed by atoms with Crippen molar-refractivity contribution in [1.29, 1.82) is 0 Å². The number of carbonyl (C=O) groups is 1. The monoisotopic (exact) mass is 527 g/mol. The number of rotatable bonds is 6. The lowest BCUT2D eigenvalue weighted by Gasteiger charge is -2.11. The van der Waals surface area contributed by atoms with E-state index in [-0.39, 0.29) is 5.91 Å². The Balaban J connectivity index is 1.31. The molecule has 1 amide bonds. The summed E-state index contributed by atoms with van der Waals surface area (Å²) >= 11 is 7.31. The molecule has 0 atom stereocenters. The minimum Gasteiger partial charge on any atom is -0.489 e. The predicted molar refractivity (Wildman–Crippen MR) is 153 cm³/mol. The van der Waals surface area contributed by atoms with Crippen molar-refractivity contribution in [2.45, 2.75) is 27.4 Å². The zero-order valence-electron chi connectivity index (χ0n) is 20.8. The molecule has 5 rings (SSSR count). The Bertz CT molecular complexity index is 1500. The van der Waals surface area contributed by atoms with E-state index in [2.05, 4.69) is 34.8 Å². The van der Waals surface area contributed by atoms with Crippen LogP contribution in [0.5, 0.6) is 5.75 Å². The lowest BCUT2D eigenvalue weighted by molar-refractivity contribution is -0.115. The van der Waals surface area contributed by atoms with Crippen LogP contribution in [0.25, 0.3) is 11.8 Å². The average molecular weight is 528 g/mol. The molecule has 1 fully saturated rings. The summed E-state index contributed by atoms with van der Waals surface area (Å²) in [4.78, 5) is 17.8. The number of ether oxygens (including phenoxy) is 1. The van der Waals surface area contributed by atoms with Crippen molar-refractivity contribution in [2.24, 2.45) is 4.99 Å². The molecule has 0 aliphatic carbocycles. The summed E-state index contributed by atoms with van der Waals surface area (Å²) < 4.78 is 8.10. The van der Waals surface area contributed by atoms with Crippen LogP contribution >= 0.6 is 23.4 Å². The Morgan fingerprint density at radius 2 is 1.68 bits per heavy atom. The standard InChI is InChI=1S/C30H26ClN3O2S/c1-19-4-10-25(11-5-19)32-30-33-29(35)28(37-30)17-23-16-20(2)34(21(23)3)26-12-14-27(15-13-26)36-18-22-6-8-24(31)9-7-22/h4-17H,18H2,1-3H3,(H,32,33,35)/b28-17+. The molecule has 7 heteroatoms.